The Labute approximate surface area is 127 Å². The molecular formula is C15H24N2O3S. The van der Waals surface area contributed by atoms with Crippen molar-refractivity contribution in [2.45, 2.75) is 43.7 Å². The van der Waals surface area contributed by atoms with Crippen LogP contribution in [0.2, 0.25) is 0 Å². The van der Waals surface area contributed by atoms with E-state index in [0.29, 0.717) is 23.1 Å². The molecule has 1 aromatic carbocycles. The van der Waals surface area contributed by atoms with Gasteiger partial charge >= 0.3 is 0 Å². The van der Waals surface area contributed by atoms with Crippen LogP contribution < -0.4 is 14.8 Å². The van der Waals surface area contributed by atoms with Gasteiger partial charge in [-0.2, -0.15) is 0 Å². The van der Waals surface area contributed by atoms with E-state index in [0.717, 1.165) is 24.8 Å². The summed E-state index contributed by atoms with van der Waals surface area (Å²) in [6.07, 6.45) is 3.09. The Morgan fingerprint density at radius 2 is 2.10 bits per heavy atom. The van der Waals surface area contributed by atoms with Gasteiger partial charge in [0.25, 0.3) is 0 Å². The fourth-order valence-electron chi connectivity index (χ4n) is 2.84. The van der Waals surface area contributed by atoms with E-state index in [1.165, 1.54) is 0 Å². The van der Waals surface area contributed by atoms with E-state index in [4.69, 9.17) is 4.74 Å². The van der Waals surface area contributed by atoms with Crippen molar-refractivity contribution in [2.75, 3.05) is 14.2 Å². The SMILES string of the molecule is CNCc1cc(S(=O)(=O)NC2CCCC2C)ccc1OC. The van der Waals surface area contributed by atoms with Gasteiger partial charge in [0.1, 0.15) is 5.75 Å². The van der Waals surface area contributed by atoms with Gasteiger partial charge in [-0.3, -0.25) is 0 Å². The second-order valence-corrected chi connectivity index (χ2v) is 7.35. The summed E-state index contributed by atoms with van der Waals surface area (Å²) in [5.41, 5.74) is 0.836. The van der Waals surface area contributed by atoms with Gasteiger partial charge in [-0.1, -0.05) is 13.3 Å². The van der Waals surface area contributed by atoms with E-state index in [1.54, 1.807) is 25.3 Å². The van der Waals surface area contributed by atoms with Crippen LogP contribution in [0.3, 0.4) is 0 Å². The van der Waals surface area contributed by atoms with Crippen LogP contribution in [0.1, 0.15) is 31.7 Å². The van der Waals surface area contributed by atoms with Crippen LogP contribution in [0.15, 0.2) is 23.1 Å². The highest BCUT2D eigenvalue weighted by Crippen LogP contribution is 2.27. The monoisotopic (exact) mass is 312 g/mol. The summed E-state index contributed by atoms with van der Waals surface area (Å²) in [4.78, 5) is 0.299. The molecule has 0 spiro atoms. The predicted octanol–water partition coefficient (Wildman–Crippen LogP) is 1.88. The van der Waals surface area contributed by atoms with Crippen molar-refractivity contribution in [3.8, 4) is 5.75 Å². The molecule has 2 unspecified atom stereocenters. The maximum atomic E-state index is 12.5. The number of ether oxygens (including phenoxy) is 1. The fourth-order valence-corrected chi connectivity index (χ4v) is 4.27. The molecule has 0 aromatic heterocycles. The molecule has 0 saturated heterocycles. The Kier molecular flexibility index (Phi) is 5.24. The summed E-state index contributed by atoms with van der Waals surface area (Å²) in [6, 6.07) is 5.03. The number of hydrogen-bond acceptors (Lipinski definition) is 4. The third-order valence-corrected chi connectivity index (χ3v) is 5.58. The summed E-state index contributed by atoms with van der Waals surface area (Å²) < 4.78 is 33.1. The molecule has 118 valence electrons. The van der Waals surface area contributed by atoms with Crippen molar-refractivity contribution in [2.24, 2.45) is 5.92 Å². The predicted molar refractivity (Wildman–Crippen MR) is 82.9 cm³/mol. The van der Waals surface area contributed by atoms with E-state index < -0.39 is 10.0 Å². The summed E-state index contributed by atoms with van der Waals surface area (Å²) in [7, 11) is -0.0728. The van der Waals surface area contributed by atoms with Gasteiger partial charge in [-0.15, -0.1) is 0 Å². The molecule has 1 saturated carbocycles. The molecule has 0 heterocycles. The lowest BCUT2D eigenvalue weighted by atomic mass is 10.1. The Balaban J connectivity index is 2.25. The second kappa shape index (κ2) is 6.77. The third-order valence-electron chi connectivity index (χ3n) is 4.10. The van der Waals surface area contributed by atoms with Crippen LogP contribution in [-0.4, -0.2) is 28.6 Å². The minimum atomic E-state index is -3.48. The van der Waals surface area contributed by atoms with Crippen molar-refractivity contribution in [1.82, 2.24) is 10.0 Å². The van der Waals surface area contributed by atoms with Gasteiger partial charge in [-0.25, -0.2) is 13.1 Å². The average molecular weight is 312 g/mol. The lowest BCUT2D eigenvalue weighted by molar-refractivity contribution is 0.408. The summed E-state index contributed by atoms with van der Waals surface area (Å²) in [5.74, 6) is 1.09. The number of hydrogen-bond donors (Lipinski definition) is 2. The first-order chi connectivity index (χ1) is 9.97. The molecule has 2 atom stereocenters. The number of sulfonamides is 1. The Morgan fingerprint density at radius 3 is 2.67 bits per heavy atom. The van der Waals surface area contributed by atoms with E-state index in [1.807, 2.05) is 7.05 Å². The maximum Gasteiger partial charge on any atom is 0.240 e. The molecule has 0 aliphatic heterocycles. The molecule has 0 bridgehead atoms. The van der Waals surface area contributed by atoms with Crippen LogP contribution in [-0.2, 0) is 16.6 Å². The van der Waals surface area contributed by atoms with Crippen LogP contribution in [0.25, 0.3) is 0 Å². The Bertz CT molecular complexity index is 587. The van der Waals surface area contributed by atoms with Gasteiger partial charge in [0.2, 0.25) is 10.0 Å². The third kappa shape index (κ3) is 3.75. The standard InChI is InChI=1S/C15H24N2O3S/c1-11-5-4-6-14(11)17-21(18,19)13-7-8-15(20-3)12(9-13)10-16-2/h7-9,11,14,16-17H,4-6,10H2,1-3H3. The first-order valence-corrected chi connectivity index (χ1v) is 8.80. The van der Waals surface area contributed by atoms with Gasteiger partial charge in [0, 0.05) is 18.2 Å². The fraction of sp³-hybridized carbons (Fsp3) is 0.600. The van der Waals surface area contributed by atoms with Crippen LogP contribution >= 0.6 is 0 Å². The Hall–Kier alpha value is -1.11. The highest BCUT2D eigenvalue weighted by Gasteiger charge is 2.28. The minimum Gasteiger partial charge on any atom is -0.496 e. The van der Waals surface area contributed by atoms with E-state index in [-0.39, 0.29) is 6.04 Å². The van der Waals surface area contributed by atoms with Gasteiger partial charge in [0.05, 0.1) is 12.0 Å². The molecule has 1 aliphatic carbocycles. The highest BCUT2D eigenvalue weighted by molar-refractivity contribution is 7.89. The molecule has 6 heteroatoms. The first kappa shape index (κ1) is 16.3. The number of benzene rings is 1. The molecule has 21 heavy (non-hydrogen) atoms. The molecule has 2 rings (SSSR count). The summed E-state index contributed by atoms with van der Waals surface area (Å²) >= 11 is 0. The zero-order valence-electron chi connectivity index (χ0n) is 12.8. The van der Waals surface area contributed by atoms with Crippen molar-refractivity contribution >= 4 is 10.0 Å². The minimum absolute atomic E-state index is 0.0462. The smallest absolute Gasteiger partial charge is 0.240 e. The number of methoxy groups -OCH3 is 1. The van der Waals surface area contributed by atoms with Crippen molar-refractivity contribution < 1.29 is 13.2 Å². The highest BCUT2D eigenvalue weighted by atomic mass is 32.2. The summed E-state index contributed by atoms with van der Waals surface area (Å²) in [6.45, 7) is 2.66. The van der Waals surface area contributed by atoms with Gasteiger partial charge in [-0.05, 0) is 44.0 Å². The van der Waals surface area contributed by atoms with Crippen molar-refractivity contribution in [1.29, 1.82) is 0 Å². The van der Waals surface area contributed by atoms with Crippen molar-refractivity contribution in [3.63, 3.8) is 0 Å². The zero-order chi connectivity index (χ0) is 15.5. The van der Waals surface area contributed by atoms with Crippen molar-refractivity contribution in [3.05, 3.63) is 23.8 Å². The maximum absolute atomic E-state index is 12.5. The Morgan fingerprint density at radius 1 is 1.33 bits per heavy atom. The molecule has 1 aromatic rings. The van der Waals surface area contributed by atoms with Gasteiger partial charge < -0.3 is 10.1 Å². The van der Waals surface area contributed by atoms with Crippen LogP contribution in [0.4, 0.5) is 0 Å². The molecule has 5 nitrogen and oxygen atoms in total. The first-order valence-electron chi connectivity index (χ1n) is 7.31. The topological polar surface area (TPSA) is 67.4 Å². The number of rotatable bonds is 6. The second-order valence-electron chi connectivity index (χ2n) is 5.64. The van der Waals surface area contributed by atoms with Gasteiger partial charge in [0.15, 0.2) is 0 Å². The lowest BCUT2D eigenvalue weighted by Gasteiger charge is -2.18. The zero-order valence-corrected chi connectivity index (χ0v) is 13.7. The quantitative estimate of drug-likeness (QED) is 0.841. The van der Waals surface area contributed by atoms with E-state index in [2.05, 4.69) is 17.0 Å². The molecule has 2 N–H and O–H groups in total. The lowest BCUT2D eigenvalue weighted by Crippen LogP contribution is -2.36. The molecule has 0 amide bonds. The van der Waals surface area contributed by atoms with E-state index in [9.17, 15) is 8.42 Å². The normalized spacial score (nSPS) is 22.4. The van der Waals surface area contributed by atoms with E-state index >= 15 is 0 Å². The van der Waals surface area contributed by atoms with Crippen LogP contribution in [0, 0.1) is 5.92 Å². The largest absolute Gasteiger partial charge is 0.496 e. The molecule has 0 radical (unpaired) electrons. The molecule has 1 aliphatic rings. The average Bonchev–Trinajstić information content (AvgIpc) is 2.84. The van der Waals surface area contributed by atoms with Crippen LogP contribution in [0.5, 0.6) is 5.75 Å². The number of nitrogens with one attached hydrogen (secondary N) is 2. The molecular weight excluding hydrogens is 288 g/mol. The molecule has 1 fully saturated rings. The summed E-state index contributed by atoms with van der Waals surface area (Å²) in [5, 5.41) is 3.02.